The van der Waals surface area contributed by atoms with Crippen LogP contribution < -0.4 is 0 Å². The highest BCUT2D eigenvalue weighted by molar-refractivity contribution is 9.09. The fraction of sp³-hybridized carbons (Fsp3) is 1.00. The first-order valence-corrected chi connectivity index (χ1v) is 4.74. The molecule has 0 aliphatic heterocycles. The van der Waals surface area contributed by atoms with Crippen molar-refractivity contribution in [3.05, 3.63) is 0 Å². The van der Waals surface area contributed by atoms with E-state index in [0.29, 0.717) is 11.8 Å². The van der Waals surface area contributed by atoms with Crippen molar-refractivity contribution in [3.63, 3.8) is 0 Å². The molecule has 4 heteroatoms. The van der Waals surface area contributed by atoms with Crippen molar-refractivity contribution in [1.29, 1.82) is 0 Å². The Morgan fingerprint density at radius 2 is 1.91 bits per heavy atom. The first-order valence-electron chi connectivity index (χ1n) is 3.62. The molecule has 0 amide bonds. The summed E-state index contributed by atoms with van der Waals surface area (Å²) in [5, 5.41) is 0.445. The number of hydrogen-bond acceptors (Lipinski definition) is 0. The summed E-state index contributed by atoms with van der Waals surface area (Å²) >= 11 is 3.07. The van der Waals surface area contributed by atoms with Crippen LogP contribution in [0.2, 0.25) is 0 Å². The minimum absolute atomic E-state index is 0.250. The fourth-order valence-corrected chi connectivity index (χ4v) is 1.52. The van der Waals surface area contributed by atoms with Gasteiger partial charge in [0.15, 0.2) is 0 Å². The smallest absolute Gasteiger partial charge is 0.171 e. The summed E-state index contributed by atoms with van der Waals surface area (Å²) in [4.78, 5) is 0. The van der Waals surface area contributed by atoms with Gasteiger partial charge in [-0.2, -0.15) is 13.2 Å². The molecule has 0 aromatic heterocycles. The molecule has 0 aliphatic rings. The van der Waals surface area contributed by atoms with Gasteiger partial charge in [-0.05, 0) is 12.3 Å². The molecule has 1 atom stereocenters. The summed E-state index contributed by atoms with van der Waals surface area (Å²) in [6.07, 6.45) is -3.21. The summed E-state index contributed by atoms with van der Waals surface area (Å²) in [7, 11) is 0. The van der Waals surface area contributed by atoms with E-state index in [9.17, 15) is 13.2 Å². The van der Waals surface area contributed by atoms with E-state index >= 15 is 0 Å². The van der Waals surface area contributed by atoms with Crippen LogP contribution in [-0.2, 0) is 0 Å². The third kappa shape index (κ3) is 6.66. The van der Waals surface area contributed by atoms with E-state index in [-0.39, 0.29) is 5.92 Å². The number of halogens is 4. The van der Waals surface area contributed by atoms with Crippen molar-refractivity contribution < 1.29 is 13.2 Å². The van der Waals surface area contributed by atoms with Gasteiger partial charge in [-0.1, -0.05) is 29.3 Å². The predicted molar refractivity (Wildman–Crippen MR) is 42.9 cm³/mol. The van der Waals surface area contributed by atoms with Crippen molar-refractivity contribution in [2.24, 2.45) is 5.92 Å². The Kier molecular flexibility index (Phi) is 5.13. The van der Waals surface area contributed by atoms with E-state index in [1.165, 1.54) is 0 Å². The molecular formula is C7H12BrF3. The zero-order valence-corrected chi connectivity index (χ0v) is 8.00. The van der Waals surface area contributed by atoms with E-state index in [2.05, 4.69) is 15.9 Å². The van der Waals surface area contributed by atoms with E-state index in [4.69, 9.17) is 0 Å². The van der Waals surface area contributed by atoms with E-state index in [1.807, 2.05) is 6.92 Å². The molecule has 0 bridgehead atoms. The van der Waals surface area contributed by atoms with Crippen LogP contribution in [0.1, 0.15) is 26.2 Å². The molecule has 0 N–H and O–H groups in total. The van der Waals surface area contributed by atoms with Crippen molar-refractivity contribution in [2.45, 2.75) is 32.4 Å². The van der Waals surface area contributed by atoms with Gasteiger partial charge < -0.3 is 0 Å². The minimum Gasteiger partial charge on any atom is -0.171 e. The second-order valence-electron chi connectivity index (χ2n) is 2.63. The van der Waals surface area contributed by atoms with E-state index in [0.717, 1.165) is 6.42 Å². The van der Waals surface area contributed by atoms with Gasteiger partial charge in [0.05, 0.1) is 0 Å². The largest absolute Gasteiger partial charge is 0.389 e. The van der Waals surface area contributed by atoms with Crippen LogP contribution in [0.4, 0.5) is 13.2 Å². The summed E-state index contributed by atoms with van der Waals surface area (Å²) in [5.41, 5.74) is 0. The maximum Gasteiger partial charge on any atom is 0.389 e. The average Bonchev–Trinajstić information content (AvgIpc) is 1.84. The number of hydrogen-bond donors (Lipinski definition) is 0. The molecule has 0 heterocycles. The monoisotopic (exact) mass is 232 g/mol. The van der Waals surface area contributed by atoms with Crippen molar-refractivity contribution >= 4 is 15.9 Å². The lowest BCUT2D eigenvalue weighted by atomic mass is 10.0. The lowest BCUT2D eigenvalue weighted by Crippen LogP contribution is -2.15. The van der Waals surface area contributed by atoms with Gasteiger partial charge in [0.1, 0.15) is 0 Å². The Balaban J connectivity index is 3.68. The molecule has 0 nitrogen and oxygen atoms in total. The lowest BCUT2D eigenvalue weighted by molar-refractivity contribution is -0.143. The highest BCUT2D eigenvalue weighted by Gasteiger charge is 2.30. The summed E-state index contributed by atoms with van der Waals surface area (Å²) in [6.45, 7) is 1.89. The van der Waals surface area contributed by atoms with Gasteiger partial charge in [0, 0.05) is 11.8 Å². The molecule has 0 saturated carbocycles. The Morgan fingerprint density at radius 1 is 1.36 bits per heavy atom. The quantitative estimate of drug-likeness (QED) is 0.648. The molecule has 0 aliphatic carbocycles. The van der Waals surface area contributed by atoms with Crippen LogP contribution in [0.3, 0.4) is 0 Å². The van der Waals surface area contributed by atoms with Crippen LogP contribution >= 0.6 is 15.9 Å². The summed E-state index contributed by atoms with van der Waals surface area (Å²) in [6, 6.07) is 0. The van der Waals surface area contributed by atoms with Crippen molar-refractivity contribution in [2.75, 3.05) is 5.33 Å². The molecule has 68 valence electrons. The first-order chi connectivity index (χ1) is 4.99. The standard InChI is InChI=1S/C7H12BrF3/c1-2-3-6(5-8)4-7(9,10)11/h6H,2-5H2,1H3. The highest BCUT2D eigenvalue weighted by atomic mass is 79.9. The third-order valence-corrected chi connectivity index (χ3v) is 2.35. The Bertz CT molecular complexity index is 100. The normalized spacial score (nSPS) is 15.0. The van der Waals surface area contributed by atoms with Crippen molar-refractivity contribution in [1.82, 2.24) is 0 Å². The van der Waals surface area contributed by atoms with Crippen LogP contribution in [0.5, 0.6) is 0 Å². The highest BCUT2D eigenvalue weighted by Crippen LogP contribution is 2.28. The Morgan fingerprint density at radius 3 is 2.18 bits per heavy atom. The van der Waals surface area contributed by atoms with Crippen LogP contribution in [0.25, 0.3) is 0 Å². The molecule has 0 aromatic carbocycles. The molecule has 1 unspecified atom stereocenters. The fourth-order valence-electron chi connectivity index (χ4n) is 0.969. The molecule has 0 fully saturated rings. The molecule has 0 spiro atoms. The van der Waals surface area contributed by atoms with Crippen LogP contribution in [-0.4, -0.2) is 11.5 Å². The molecule has 0 saturated heterocycles. The molecule has 0 radical (unpaired) electrons. The van der Waals surface area contributed by atoms with Gasteiger partial charge in [-0.3, -0.25) is 0 Å². The average molecular weight is 233 g/mol. The Hall–Kier alpha value is 0.270. The maximum absolute atomic E-state index is 11.8. The van der Waals surface area contributed by atoms with Crippen LogP contribution in [0, 0.1) is 5.92 Å². The van der Waals surface area contributed by atoms with Gasteiger partial charge in [-0.15, -0.1) is 0 Å². The second kappa shape index (κ2) is 5.01. The van der Waals surface area contributed by atoms with Gasteiger partial charge in [0.25, 0.3) is 0 Å². The predicted octanol–water partition coefficient (Wildman–Crippen LogP) is 3.75. The van der Waals surface area contributed by atoms with Gasteiger partial charge >= 0.3 is 6.18 Å². The minimum atomic E-state index is -4.01. The second-order valence-corrected chi connectivity index (χ2v) is 3.28. The topological polar surface area (TPSA) is 0 Å². The third-order valence-electron chi connectivity index (χ3n) is 1.44. The SMILES string of the molecule is CCCC(CBr)CC(F)(F)F. The van der Waals surface area contributed by atoms with E-state index in [1.54, 1.807) is 0 Å². The number of alkyl halides is 4. The van der Waals surface area contributed by atoms with Gasteiger partial charge in [-0.25, -0.2) is 0 Å². The maximum atomic E-state index is 11.8. The molecular weight excluding hydrogens is 221 g/mol. The van der Waals surface area contributed by atoms with Crippen molar-refractivity contribution in [3.8, 4) is 0 Å². The first kappa shape index (κ1) is 11.3. The van der Waals surface area contributed by atoms with E-state index < -0.39 is 12.6 Å². The van der Waals surface area contributed by atoms with Crippen LogP contribution in [0.15, 0.2) is 0 Å². The Labute approximate surface area is 73.3 Å². The summed E-state index contributed by atoms with van der Waals surface area (Å²) in [5.74, 6) is -0.250. The molecule has 11 heavy (non-hydrogen) atoms. The van der Waals surface area contributed by atoms with Gasteiger partial charge in [0.2, 0.25) is 0 Å². The lowest BCUT2D eigenvalue weighted by Gasteiger charge is -2.14. The zero-order valence-electron chi connectivity index (χ0n) is 6.42. The number of rotatable bonds is 4. The zero-order chi connectivity index (χ0) is 8.91. The molecule has 0 aromatic rings. The summed E-state index contributed by atoms with van der Waals surface area (Å²) < 4.78 is 35.4. The molecule has 0 rings (SSSR count).